The monoisotopic (exact) mass is 450 g/mol. The van der Waals surface area contributed by atoms with Gasteiger partial charge in [-0.15, -0.1) is 12.6 Å². The van der Waals surface area contributed by atoms with Crippen molar-refractivity contribution in [3.63, 3.8) is 0 Å². The van der Waals surface area contributed by atoms with Crippen LogP contribution in [0.5, 0.6) is 0 Å². The number of thiol groups is 1. The van der Waals surface area contributed by atoms with Gasteiger partial charge in [-0.25, -0.2) is 9.59 Å². The van der Waals surface area contributed by atoms with E-state index in [9.17, 15) is 14.4 Å². The molecule has 0 aliphatic carbocycles. The number of aromatic carboxylic acids is 1. The van der Waals surface area contributed by atoms with Gasteiger partial charge >= 0.3 is 12.1 Å². The summed E-state index contributed by atoms with van der Waals surface area (Å²) in [5.41, 5.74) is 2.75. The molecule has 0 aromatic heterocycles. The fourth-order valence-electron chi connectivity index (χ4n) is 2.89. The molecular formula is C24H22N2O5S. The molecule has 0 fully saturated rings. The molecule has 1 atom stereocenters. The van der Waals surface area contributed by atoms with E-state index in [-0.39, 0.29) is 24.1 Å². The first-order valence-electron chi connectivity index (χ1n) is 9.78. The Morgan fingerprint density at radius 3 is 2.19 bits per heavy atom. The Morgan fingerprint density at radius 1 is 0.938 bits per heavy atom. The van der Waals surface area contributed by atoms with Gasteiger partial charge in [-0.3, -0.25) is 4.79 Å². The molecule has 164 valence electrons. The summed E-state index contributed by atoms with van der Waals surface area (Å²) in [4.78, 5) is 36.1. The van der Waals surface area contributed by atoms with Gasteiger partial charge in [0.25, 0.3) is 5.91 Å². The number of carboxylic acid groups (broad SMARTS) is 1. The van der Waals surface area contributed by atoms with Crippen molar-refractivity contribution >= 4 is 36.3 Å². The second-order valence-corrected chi connectivity index (χ2v) is 7.52. The largest absolute Gasteiger partial charge is 0.478 e. The molecule has 0 aliphatic rings. The van der Waals surface area contributed by atoms with Crippen molar-refractivity contribution in [2.24, 2.45) is 0 Å². The minimum absolute atomic E-state index is 0.0180. The average molecular weight is 451 g/mol. The van der Waals surface area contributed by atoms with E-state index < -0.39 is 12.1 Å². The Balaban J connectivity index is 1.52. The molecule has 7 nitrogen and oxygen atoms in total. The number of carboxylic acids is 1. The molecular weight excluding hydrogens is 428 g/mol. The van der Waals surface area contributed by atoms with Crippen LogP contribution in [0.3, 0.4) is 0 Å². The molecule has 0 heterocycles. The van der Waals surface area contributed by atoms with Crippen LogP contribution in [0.15, 0.2) is 77.7 Å². The quantitative estimate of drug-likeness (QED) is 0.383. The lowest BCUT2D eigenvalue weighted by atomic mass is 10.1. The standard InChI is InChI=1S/C24H22N2O5S/c1-15(25-24(30)31-14-16-6-8-19(9-7-16)23(28)29)17-10-12-18(13-11-17)22(27)26-20-4-2-3-5-21(20)32/h2-13,15,32H,14H2,1H3,(H,25,30)(H,26,27)(H,28,29)/t15-/m0/s1. The summed E-state index contributed by atoms with van der Waals surface area (Å²) in [5, 5.41) is 14.4. The molecule has 3 rings (SSSR count). The van der Waals surface area contributed by atoms with Gasteiger partial charge < -0.3 is 20.5 Å². The van der Waals surface area contributed by atoms with Crippen LogP contribution in [0.25, 0.3) is 0 Å². The molecule has 0 aliphatic heterocycles. The van der Waals surface area contributed by atoms with Crippen molar-refractivity contribution in [1.82, 2.24) is 5.32 Å². The molecule has 3 N–H and O–H groups in total. The Labute approximate surface area is 190 Å². The van der Waals surface area contributed by atoms with E-state index in [2.05, 4.69) is 23.3 Å². The Hall–Kier alpha value is -3.78. The number of rotatable bonds is 7. The number of carbonyl (C=O) groups excluding carboxylic acids is 2. The van der Waals surface area contributed by atoms with Crippen LogP contribution < -0.4 is 10.6 Å². The van der Waals surface area contributed by atoms with Crippen molar-refractivity contribution in [1.29, 1.82) is 0 Å². The number of nitrogens with one attached hydrogen (secondary N) is 2. The molecule has 2 amide bonds. The summed E-state index contributed by atoms with van der Waals surface area (Å²) in [6.45, 7) is 1.82. The maximum atomic E-state index is 12.4. The van der Waals surface area contributed by atoms with E-state index in [1.807, 2.05) is 12.1 Å². The second-order valence-electron chi connectivity index (χ2n) is 7.04. The molecule has 0 saturated carbocycles. The molecule has 3 aromatic rings. The summed E-state index contributed by atoms with van der Waals surface area (Å²) in [7, 11) is 0. The van der Waals surface area contributed by atoms with Gasteiger partial charge in [0.2, 0.25) is 0 Å². The number of carbonyl (C=O) groups is 3. The fraction of sp³-hybridized carbons (Fsp3) is 0.125. The van der Waals surface area contributed by atoms with Crippen LogP contribution >= 0.6 is 12.6 Å². The summed E-state index contributed by atoms with van der Waals surface area (Å²) in [5.74, 6) is -1.27. The third kappa shape index (κ3) is 6.12. The number of benzene rings is 3. The van der Waals surface area contributed by atoms with Crippen LogP contribution in [0, 0.1) is 0 Å². The van der Waals surface area contributed by atoms with Crippen LogP contribution in [0.1, 0.15) is 44.8 Å². The zero-order valence-corrected chi connectivity index (χ0v) is 18.1. The van der Waals surface area contributed by atoms with Gasteiger partial charge in [0.15, 0.2) is 0 Å². The minimum atomic E-state index is -1.01. The highest BCUT2D eigenvalue weighted by atomic mass is 32.1. The topological polar surface area (TPSA) is 105 Å². The molecule has 0 bridgehead atoms. The maximum Gasteiger partial charge on any atom is 0.407 e. The number of para-hydroxylation sites is 1. The van der Waals surface area contributed by atoms with E-state index in [0.29, 0.717) is 21.7 Å². The van der Waals surface area contributed by atoms with Crippen molar-refractivity contribution in [3.05, 3.63) is 95.1 Å². The second kappa shape index (κ2) is 10.5. The number of ether oxygens (including phenoxy) is 1. The highest BCUT2D eigenvalue weighted by molar-refractivity contribution is 7.80. The predicted octanol–water partition coefficient (Wildman–Crippen LogP) is 4.91. The molecule has 0 saturated heterocycles. The van der Waals surface area contributed by atoms with Crippen LogP contribution in [-0.2, 0) is 11.3 Å². The van der Waals surface area contributed by atoms with E-state index in [0.717, 1.165) is 5.56 Å². The number of amides is 2. The highest BCUT2D eigenvalue weighted by Gasteiger charge is 2.13. The third-order valence-electron chi connectivity index (χ3n) is 4.73. The van der Waals surface area contributed by atoms with Gasteiger partial charge in [-0.2, -0.15) is 0 Å². The first kappa shape index (κ1) is 22.9. The lowest BCUT2D eigenvalue weighted by Gasteiger charge is -2.15. The van der Waals surface area contributed by atoms with Crippen molar-refractivity contribution in [2.45, 2.75) is 24.5 Å². The van der Waals surface area contributed by atoms with Crippen molar-refractivity contribution < 1.29 is 24.2 Å². The van der Waals surface area contributed by atoms with Crippen LogP contribution in [0.4, 0.5) is 10.5 Å². The summed E-state index contributed by atoms with van der Waals surface area (Å²) >= 11 is 4.32. The van der Waals surface area contributed by atoms with Crippen molar-refractivity contribution in [3.8, 4) is 0 Å². The van der Waals surface area contributed by atoms with Crippen molar-refractivity contribution in [2.75, 3.05) is 5.32 Å². The molecule has 0 spiro atoms. The first-order chi connectivity index (χ1) is 15.3. The van der Waals surface area contributed by atoms with Crippen LogP contribution in [-0.4, -0.2) is 23.1 Å². The Bertz CT molecular complexity index is 1110. The van der Waals surface area contributed by atoms with Gasteiger partial charge in [0, 0.05) is 10.5 Å². The SMILES string of the molecule is C[C@H](NC(=O)OCc1ccc(C(=O)O)cc1)c1ccc(C(=O)Nc2ccccc2S)cc1. The fourth-order valence-corrected chi connectivity index (χ4v) is 3.11. The van der Waals surface area contributed by atoms with Gasteiger partial charge in [0.05, 0.1) is 17.3 Å². The van der Waals surface area contributed by atoms with E-state index >= 15 is 0 Å². The lowest BCUT2D eigenvalue weighted by Crippen LogP contribution is -2.27. The number of hydrogen-bond donors (Lipinski definition) is 4. The van der Waals surface area contributed by atoms with E-state index in [4.69, 9.17) is 9.84 Å². The van der Waals surface area contributed by atoms with Gasteiger partial charge in [-0.05, 0) is 54.4 Å². The average Bonchev–Trinajstić information content (AvgIpc) is 2.79. The maximum absolute atomic E-state index is 12.4. The van der Waals surface area contributed by atoms with E-state index in [1.165, 1.54) is 12.1 Å². The summed E-state index contributed by atoms with van der Waals surface area (Å²) in [6.07, 6.45) is -0.605. The smallest absolute Gasteiger partial charge is 0.407 e. The molecule has 32 heavy (non-hydrogen) atoms. The van der Waals surface area contributed by atoms with Gasteiger partial charge in [0.1, 0.15) is 6.61 Å². The summed E-state index contributed by atoms with van der Waals surface area (Å²) in [6, 6.07) is 19.8. The first-order valence-corrected chi connectivity index (χ1v) is 10.2. The molecule has 0 radical (unpaired) electrons. The number of anilines is 1. The number of alkyl carbamates (subject to hydrolysis) is 1. The molecule has 0 unspecified atom stereocenters. The molecule has 3 aromatic carbocycles. The zero-order chi connectivity index (χ0) is 23.1. The Morgan fingerprint density at radius 2 is 1.56 bits per heavy atom. The normalized spacial score (nSPS) is 11.3. The highest BCUT2D eigenvalue weighted by Crippen LogP contribution is 2.20. The Kier molecular flexibility index (Phi) is 7.51. The minimum Gasteiger partial charge on any atom is -0.478 e. The van der Waals surface area contributed by atoms with Crippen LogP contribution in [0.2, 0.25) is 0 Å². The summed E-state index contributed by atoms with van der Waals surface area (Å²) < 4.78 is 5.19. The predicted molar refractivity (Wildman–Crippen MR) is 123 cm³/mol. The lowest BCUT2D eigenvalue weighted by molar-refractivity contribution is 0.0696. The zero-order valence-electron chi connectivity index (χ0n) is 17.2. The van der Waals surface area contributed by atoms with Gasteiger partial charge in [-0.1, -0.05) is 36.4 Å². The third-order valence-corrected chi connectivity index (χ3v) is 5.12. The molecule has 8 heteroatoms. The van der Waals surface area contributed by atoms with E-state index in [1.54, 1.807) is 55.5 Å². The number of hydrogen-bond acceptors (Lipinski definition) is 5.